The van der Waals surface area contributed by atoms with Crippen LogP contribution in [0.3, 0.4) is 0 Å². The van der Waals surface area contributed by atoms with E-state index < -0.39 is 28.5 Å². The lowest BCUT2D eigenvalue weighted by atomic mass is 10.0. The van der Waals surface area contributed by atoms with E-state index >= 15 is 0 Å². The van der Waals surface area contributed by atoms with Crippen molar-refractivity contribution in [1.82, 2.24) is 10.2 Å². The quantitative estimate of drug-likeness (QED) is 0.275. The van der Waals surface area contributed by atoms with Crippen LogP contribution in [0, 0.1) is 5.92 Å². The zero-order chi connectivity index (χ0) is 29.4. The first kappa shape index (κ1) is 31.7. The maximum Gasteiger partial charge on any atom is 0.244 e. The number of nitrogens with zero attached hydrogens (tertiary/aromatic N) is 2. The molecule has 0 aliphatic heterocycles. The van der Waals surface area contributed by atoms with Crippen LogP contribution in [0.4, 0.5) is 5.69 Å². The predicted octanol–water partition coefficient (Wildman–Crippen LogP) is 5.83. The topological polar surface area (TPSA) is 86.8 Å². The number of carbonyl (C=O) groups excluding carboxylic acids is 2. The molecule has 0 spiro atoms. The van der Waals surface area contributed by atoms with Crippen LogP contribution >= 0.6 is 34.8 Å². The van der Waals surface area contributed by atoms with Gasteiger partial charge in [0.05, 0.1) is 17.0 Å². The van der Waals surface area contributed by atoms with E-state index in [0.29, 0.717) is 17.1 Å². The lowest BCUT2D eigenvalue weighted by Crippen LogP contribution is -2.53. The number of hydrogen-bond acceptors (Lipinski definition) is 4. The largest absolute Gasteiger partial charge is 0.354 e. The zero-order valence-electron chi connectivity index (χ0n) is 22.5. The SMILES string of the molecule is CC(C)CNC(=O)C(Cc1ccccc1)N(Cc1cccc(Cl)c1)C(=O)CN(c1cc(Cl)ccc1Cl)S(C)(=O)=O. The van der Waals surface area contributed by atoms with Crippen LogP contribution in [0.5, 0.6) is 0 Å². The van der Waals surface area contributed by atoms with Gasteiger partial charge in [-0.3, -0.25) is 13.9 Å². The van der Waals surface area contributed by atoms with Gasteiger partial charge in [-0.15, -0.1) is 0 Å². The molecule has 3 aromatic rings. The van der Waals surface area contributed by atoms with Crippen molar-refractivity contribution in [1.29, 1.82) is 0 Å². The van der Waals surface area contributed by atoms with E-state index in [4.69, 9.17) is 34.8 Å². The number of hydrogen-bond donors (Lipinski definition) is 1. The van der Waals surface area contributed by atoms with Gasteiger partial charge in [0.2, 0.25) is 21.8 Å². The van der Waals surface area contributed by atoms with E-state index in [-0.39, 0.29) is 40.5 Å². The van der Waals surface area contributed by atoms with Crippen LogP contribution < -0.4 is 9.62 Å². The highest BCUT2D eigenvalue weighted by molar-refractivity contribution is 7.92. The molecule has 0 heterocycles. The minimum absolute atomic E-state index is 0.0207. The highest BCUT2D eigenvalue weighted by atomic mass is 35.5. The first-order chi connectivity index (χ1) is 18.8. The van der Waals surface area contributed by atoms with Gasteiger partial charge in [0, 0.05) is 29.6 Å². The monoisotopic (exact) mass is 623 g/mol. The summed E-state index contributed by atoms with van der Waals surface area (Å²) in [6.07, 6.45) is 1.20. The zero-order valence-corrected chi connectivity index (χ0v) is 25.6. The number of amides is 2. The van der Waals surface area contributed by atoms with Crippen molar-refractivity contribution in [3.8, 4) is 0 Å². The van der Waals surface area contributed by atoms with E-state index in [9.17, 15) is 18.0 Å². The molecule has 3 rings (SSSR count). The number of anilines is 1. The van der Waals surface area contributed by atoms with Crippen LogP contribution in [-0.2, 0) is 32.6 Å². The molecule has 0 bridgehead atoms. The van der Waals surface area contributed by atoms with Gasteiger partial charge >= 0.3 is 0 Å². The van der Waals surface area contributed by atoms with Gasteiger partial charge in [-0.25, -0.2) is 8.42 Å². The van der Waals surface area contributed by atoms with E-state index in [2.05, 4.69) is 5.32 Å². The molecule has 1 unspecified atom stereocenters. The number of benzene rings is 3. The molecular weight excluding hydrogens is 593 g/mol. The summed E-state index contributed by atoms with van der Waals surface area (Å²) < 4.78 is 26.7. The second-order valence-corrected chi connectivity index (χ2v) is 13.0. The van der Waals surface area contributed by atoms with Gasteiger partial charge in [0.25, 0.3) is 0 Å². The first-order valence-corrected chi connectivity index (χ1v) is 15.6. The van der Waals surface area contributed by atoms with Gasteiger partial charge in [0.1, 0.15) is 12.6 Å². The fraction of sp³-hybridized carbons (Fsp3) is 0.310. The van der Waals surface area contributed by atoms with Crippen LogP contribution in [0.1, 0.15) is 25.0 Å². The van der Waals surface area contributed by atoms with Gasteiger partial charge in [-0.05, 0) is 47.4 Å². The molecule has 0 saturated heterocycles. The summed E-state index contributed by atoms with van der Waals surface area (Å²) in [4.78, 5) is 29.1. The molecule has 1 atom stereocenters. The Labute approximate surface area is 251 Å². The highest BCUT2D eigenvalue weighted by Crippen LogP contribution is 2.31. The van der Waals surface area contributed by atoms with Crippen LogP contribution in [0.15, 0.2) is 72.8 Å². The summed E-state index contributed by atoms with van der Waals surface area (Å²) in [5.41, 5.74) is 1.59. The average Bonchev–Trinajstić information content (AvgIpc) is 2.89. The first-order valence-electron chi connectivity index (χ1n) is 12.6. The van der Waals surface area contributed by atoms with Crippen molar-refractivity contribution >= 4 is 62.3 Å². The fourth-order valence-electron chi connectivity index (χ4n) is 4.08. The molecule has 40 heavy (non-hydrogen) atoms. The molecule has 3 aromatic carbocycles. The number of sulfonamides is 1. The number of rotatable bonds is 12. The fourth-order valence-corrected chi connectivity index (χ4v) is 5.58. The van der Waals surface area contributed by atoms with Crippen LogP contribution in [0.25, 0.3) is 0 Å². The molecule has 0 radical (unpaired) electrons. The summed E-state index contributed by atoms with van der Waals surface area (Å²) >= 11 is 18.7. The van der Waals surface area contributed by atoms with E-state index in [0.717, 1.165) is 16.1 Å². The molecule has 7 nitrogen and oxygen atoms in total. The highest BCUT2D eigenvalue weighted by Gasteiger charge is 2.33. The Hall–Kier alpha value is -2.78. The average molecular weight is 625 g/mol. The Kier molecular flexibility index (Phi) is 11.3. The minimum Gasteiger partial charge on any atom is -0.354 e. The molecule has 0 saturated carbocycles. The summed E-state index contributed by atoms with van der Waals surface area (Å²) in [5, 5.41) is 3.77. The molecule has 1 N–H and O–H groups in total. The molecular formula is C29H32Cl3N3O4S. The third-order valence-electron chi connectivity index (χ3n) is 6.05. The van der Waals surface area contributed by atoms with Crippen molar-refractivity contribution in [3.63, 3.8) is 0 Å². The van der Waals surface area contributed by atoms with Crippen molar-refractivity contribution in [2.75, 3.05) is 23.7 Å². The van der Waals surface area contributed by atoms with Crippen LogP contribution in [0.2, 0.25) is 15.1 Å². The Morgan fingerprint density at radius 3 is 2.15 bits per heavy atom. The molecule has 2 amide bonds. The standard InChI is InChI=1S/C29H32Cl3N3O4S/c1-20(2)17-33-29(37)27(15-21-8-5-4-6-9-21)34(18-22-10-7-11-23(30)14-22)28(36)19-35(40(3,38)39)26-16-24(31)12-13-25(26)32/h4-14,16,20,27H,15,17-19H2,1-3H3,(H,33,37). The van der Waals surface area contributed by atoms with Gasteiger partial charge < -0.3 is 10.2 Å². The van der Waals surface area contributed by atoms with Crippen molar-refractivity contribution in [3.05, 3.63) is 99.0 Å². The second-order valence-electron chi connectivity index (χ2n) is 9.86. The molecule has 11 heteroatoms. The molecule has 0 fully saturated rings. The van der Waals surface area contributed by atoms with E-state index in [1.807, 2.05) is 44.2 Å². The number of carbonyl (C=O) groups is 2. The molecule has 0 aliphatic rings. The third-order valence-corrected chi connectivity index (χ3v) is 7.97. The van der Waals surface area contributed by atoms with Crippen molar-refractivity contribution in [2.45, 2.75) is 32.9 Å². The summed E-state index contributed by atoms with van der Waals surface area (Å²) in [5.74, 6) is -0.759. The Morgan fingerprint density at radius 1 is 0.875 bits per heavy atom. The van der Waals surface area contributed by atoms with Crippen molar-refractivity contribution in [2.24, 2.45) is 5.92 Å². The lowest BCUT2D eigenvalue weighted by molar-refractivity contribution is -0.140. The predicted molar refractivity (Wildman–Crippen MR) is 162 cm³/mol. The summed E-state index contributed by atoms with van der Waals surface area (Å²) in [7, 11) is -3.97. The molecule has 214 valence electrons. The number of halogens is 3. The lowest BCUT2D eigenvalue weighted by Gasteiger charge is -2.34. The maximum atomic E-state index is 14.1. The van der Waals surface area contributed by atoms with Gasteiger partial charge in [0.15, 0.2) is 0 Å². The number of nitrogens with one attached hydrogen (secondary N) is 1. The minimum atomic E-state index is -3.97. The Morgan fingerprint density at radius 2 is 1.52 bits per heavy atom. The Balaban J connectivity index is 2.07. The van der Waals surface area contributed by atoms with Gasteiger partial charge in [-0.1, -0.05) is 91.1 Å². The van der Waals surface area contributed by atoms with E-state index in [1.54, 1.807) is 24.3 Å². The molecule has 0 aliphatic carbocycles. The maximum absolute atomic E-state index is 14.1. The second kappa shape index (κ2) is 14.2. The summed E-state index contributed by atoms with van der Waals surface area (Å²) in [6.45, 7) is 3.78. The smallest absolute Gasteiger partial charge is 0.244 e. The van der Waals surface area contributed by atoms with Gasteiger partial charge in [-0.2, -0.15) is 0 Å². The Bertz CT molecular complexity index is 1440. The molecule has 0 aromatic heterocycles. The summed E-state index contributed by atoms with van der Waals surface area (Å²) in [6, 6.07) is 19.7. The normalized spacial score (nSPS) is 12.2. The van der Waals surface area contributed by atoms with E-state index in [1.165, 1.54) is 23.1 Å². The third kappa shape index (κ3) is 9.13. The van der Waals surface area contributed by atoms with Crippen LogP contribution in [-0.4, -0.2) is 50.5 Å². The van der Waals surface area contributed by atoms with Crippen molar-refractivity contribution < 1.29 is 18.0 Å².